The molecule has 0 amide bonds. The van der Waals surface area contributed by atoms with Crippen LogP contribution < -0.4 is 0 Å². The Morgan fingerprint density at radius 2 is 1.39 bits per heavy atom. The van der Waals surface area contributed by atoms with Gasteiger partial charge in [-0.3, -0.25) is 0 Å². The fourth-order valence-corrected chi connectivity index (χ4v) is 3.37. The Balaban J connectivity index is 1.67. The van der Waals surface area contributed by atoms with Crippen molar-refractivity contribution in [2.75, 3.05) is 0 Å². The number of hydrogen-bond acceptors (Lipinski definition) is 2. The smallest absolute Gasteiger partial charge is 0.118 e. The summed E-state index contributed by atoms with van der Waals surface area (Å²) < 4.78 is 0. The van der Waals surface area contributed by atoms with Crippen molar-refractivity contribution in [3.63, 3.8) is 0 Å². The van der Waals surface area contributed by atoms with Gasteiger partial charge in [-0.1, -0.05) is 54.1 Å². The average Bonchev–Trinajstić information content (AvgIpc) is 2.57. The highest BCUT2D eigenvalue weighted by Crippen LogP contribution is 2.28. The molecule has 0 aliphatic heterocycles. The lowest BCUT2D eigenvalue weighted by atomic mass is 10.0. The average molecular weight is 320 g/mol. The molecule has 0 saturated carbocycles. The van der Waals surface area contributed by atoms with E-state index in [0.29, 0.717) is 5.75 Å². The number of rotatable bonds is 4. The molecule has 0 unspecified atom stereocenters. The normalized spacial score (nSPS) is 10.7. The molecule has 0 aliphatic rings. The zero-order valence-electron chi connectivity index (χ0n) is 13.4. The van der Waals surface area contributed by atoms with Gasteiger partial charge in [0.1, 0.15) is 5.75 Å². The second-order valence-corrected chi connectivity index (χ2v) is 6.85. The van der Waals surface area contributed by atoms with Gasteiger partial charge in [0, 0.05) is 10.6 Å². The van der Waals surface area contributed by atoms with E-state index in [1.165, 1.54) is 27.1 Å². The molecule has 0 radical (unpaired) electrons. The van der Waals surface area contributed by atoms with E-state index in [9.17, 15) is 5.11 Å². The first-order valence-corrected chi connectivity index (χ1v) is 8.69. The number of benzene rings is 3. The van der Waals surface area contributed by atoms with Crippen LogP contribution in [0.5, 0.6) is 5.75 Å². The van der Waals surface area contributed by atoms with E-state index < -0.39 is 0 Å². The van der Waals surface area contributed by atoms with E-state index in [0.717, 1.165) is 11.3 Å². The zero-order chi connectivity index (χ0) is 16.2. The lowest BCUT2D eigenvalue weighted by Crippen LogP contribution is -1.83. The molecule has 3 aromatic rings. The molecule has 3 rings (SSSR count). The van der Waals surface area contributed by atoms with Crippen molar-refractivity contribution < 1.29 is 5.11 Å². The van der Waals surface area contributed by atoms with Crippen molar-refractivity contribution in [3.8, 4) is 16.9 Å². The van der Waals surface area contributed by atoms with Crippen molar-refractivity contribution in [2.24, 2.45) is 0 Å². The summed E-state index contributed by atoms with van der Waals surface area (Å²) in [5.41, 5.74) is 6.01. The van der Waals surface area contributed by atoms with E-state index in [-0.39, 0.29) is 0 Å². The summed E-state index contributed by atoms with van der Waals surface area (Å²) in [5, 5.41) is 9.58. The molecule has 116 valence electrons. The highest BCUT2D eigenvalue weighted by atomic mass is 32.2. The van der Waals surface area contributed by atoms with Gasteiger partial charge in [-0.15, -0.1) is 11.8 Å². The van der Waals surface area contributed by atoms with Gasteiger partial charge in [-0.25, -0.2) is 0 Å². The Hall–Kier alpha value is -2.19. The van der Waals surface area contributed by atoms with Crippen LogP contribution in [0.3, 0.4) is 0 Å². The first-order chi connectivity index (χ1) is 11.1. The molecule has 3 aromatic carbocycles. The van der Waals surface area contributed by atoms with Gasteiger partial charge < -0.3 is 5.11 Å². The van der Waals surface area contributed by atoms with Crippen LogP contribution in [0, 0.1) is 13.8 Å². The molecule has 0 fully saturated rings. The summed E-state index contributed by atoms with van der Waals surface area (Å²) in [7, 11) is 0. The summed E-state index contributed by atoms with van der Waals surface area (Å²) in [4.78, 5) is 1.18. The van der Waals surface area contributed by atoms with E-state index in [1.54, 1.807) is 17.8 Å². The SMILES string of the molecule is Cc1ccc(-c2ccc(CSc3ccc(O)c(C)c3)cc2)cc1. The molecular weight excluding hydrogens is 300 g/mol. The van der Waals surface area contributed by atoms with Gasteiger partial charge in [-0.05, 0) is 54.3 Å². The van der Waals surface area contributed by atoms with Gasteiger partial charge in [0.15, 0.2) is 0 Å². The maximum absolute atomic E-state index is 9.58. The maximum atomic E-state index is 9.58. The van der Waals surface area contributed by atoms with Gasteiger partial charge >= 0.3 is 0 Å². The van der Waals surface area contributed by atoms with Crippen molar-refractivity contribution >= 4 is 11.8 Å². The van der Waals surface area contributed by atoms with Gasteiger partial charge in [0.05, 0.1) is 0 Å². The molecule has 23 heavy (non-hydrogen) atoms. The first kappa shape index (κ1) is 15.7. The largest absolute Gasteiger partial charge is 0.508 e. The lowest BCUT2D eigenvalue weighted by molar-refractivity contribution is 0.470. The second-order valence-electron chi connectivity index (χ2n) is 5.80. The van der Waals surface area contributed by atoms with E-state index >= 15 is 0 Å². The monoisotopic (exact) mass is 320 g/mol. The van der Waals surface area contributed by atoms with Crippen molar-refractivity contribution in [1.29, 1.82) is 0 Å². The van der Waals surface area contributed by atoms with Crippen LogP contribution in [0.25, 0.3) is 11.1 Å². The number of phenolic OH excluding ortho intramolecular Hbond substituents is 1. The molecule has 0 atom stereocenters. The number of hydrogen-bond donors (Lipinski definition) is 1. The molecule has 0 heterocycles. The Kier molecular flexibility index (Phi) is 4.73. The first-order valence-electron chi connectivity index (χ1n) is 7.70. The lowest BCUT2D eigenvalue weighted by Gasteiger charge is -2.06. The minimum absolute atomic E-state index is 0.358. The third kappa shape index (κ3) is 3.96. The molecule has 1 nitrogen and oxygen atoms in total. The molecule has 0 spiro atoms. The third-order valence-corrected chi connectivity index (χ3v) is 4.98. The number of aromatic hydroxyl groups is 1. The molecule has 0 aromatic heterocycles. The van der Waals surface area contributed by atoms with Gasteiger partial charge in [-0.2, -0.15) is 0 Å². The minimum atomic E-state index is 0.358. The van der Waals surface area contributed by atoms with Crippen LogP contribution >= 0.6 is 11.8 Å². The standard InChI is InChI=1S/C21H20OS/c1-15-3-7-18(8-4-15)19-9-5-17(6-10-19)14-23-20-11-12-21(22)16(2)13-20/h3-13,22H,14H2,1-2H3. The van der Waals surface area contributed by atoms with Gasteiger partial charge in [0.25, 0.3) is 0 Å². The van der Waals surface area contributed by atoms with E-state index in [1.807, 2.05) is 19.1 Å². The topological polar surface area (TPSA) is 20.2 Å². The van der Waals surface area contributed by atoms with Crippen molar-refractivity contribution in [2.45, 2.75) is 24.5 Å². The maximum Gasteiger partial charge on any atom is 0.118 e. The molecule has 0 bridgehead atoms. The van der Waals surface area contributed by atoms with Crippen LogP contribution in [0.2, 0.25) is 0 Å². The van der Waals surface area contributed by atoms with Crippen LogP contribution in [-0.2, 0) is 5.75 Å². The molecular formula is C21H20OS. The quantitative estimate of drug-likeness (QED) is 0.598. The predicted molar refractivity (Wildman–Crippen MR) is 99.0 cm³/mol. The molecule has 0 saturated heterocycles. The van der Waals surface area contributed by atoms with E-state index in [2.05, 4.69) is 55.5 Å². The number of phenols is 1. The zero-order valence-corrected chi connectivity index (χ0v) is 14.2. The second kappa shape index (κ2) is 6.93. The Bertz CT molecular complexity index is 789. The van der Waals surface area contributed by atoms with Crippen LogP contribution in [0.4, 0.5) is 0 Å². The molecule has 2 heteroatoms. The molecule has 1 N–H and O–H groups in total. The number of aryl methyl sites for hydroxylation is 2. The fourth-order valence-electron chi connectivity index (χ4n) is 2.42. The number of thioether (sulfide) groups is 1. The minimum Gasteiger partial charge on any atom is -0.508 e. The predicted octanol–water partition coefficient (Wildman–Crippen LogP) is 5.97. The fraction of sp³-hybridized carbons (Fsp3) is 0.143. The third-order valence-electron chi connectivity index (χ3n) is 3.91. The van der Waals surface area contributed by atoms with Crippen LogP contribution in [0.15, 0.2) is 71.6 Å². The summed E-state index contributed by atoms with van der Waals surface area (Å²) in [6.07, 6.45) is 0. The molecule has 0 aliphatic carbocycles. The highest BCUT2D eigenvalue weighted by Gasteiger charge is 2.02. The summed E-state index contributed by atoms with van der Waals surface area (Å²) in [6.45, 7) is 4.03. The summed E-state index contributed by atoms with van der Waals surface area (Å²) in [6, 6.07) is 23.1. The summed E-state index contributed by atoms with van der Waals surface area (Å²) >= 11 is 1.79. The van der Waals surface area contributed by atoms with E-state index in [4.69, 9.17) is 0 Å². The Morgan fingerprint density at radius 1 is 0.783 bits per heavy atom. The highest BCUT2D eigenvalue weighted by molar-refractivity contribution is 7.98. The van der Waals surface area contributed by atoms with Gasteiger partial charge in [0.2, 0.25) is 0 Å². The van der Waals surface area contributed by atoms with Crippen molar-refractivity contribution in [1.82, 2.24) is 0 Å². The Labute approximate surface area is 142 Å². The Morgan fingerprint density at radius 3 is 2.00 bits per heavy atom. The van der Waals surface area contributed by atoms with Crippen LogP contribution in [0.1, 0.15) is 16.7 Å². The van der Waals surface area contributed by atoms with Crippen LogP contribution in [-0.4, -0.2) is 5.11 Å². The van der Waals surface area contributed by atoms with Crippen molar-refractivity contribution in [3.05, 3.63) is 83.4 Å². The summed E-state index contributed by atoms with van der Waals surface area (Å²) in [5.74, 6) is 1.29.